The first-order valence-electron chi connectivity index (χ1n) is 25.7. The van der Waals surface area contributed by atoms with E-state index in [2.05, 4.69) is 48.1 Å². The number of phenolic OH excluding ortho intramolecular Hbond substituents is 1. The molecule has 8 heterocycles. The van der Waals surface area contributed by atoms with Gasteiger partial charge in [-0.15, -0.1) is 68.0 Å². The van der Waals surface area contributed by atoms with E-state index >= 15 is 0 Å². The monoisotopic (exact) mass is 1270 g/mol. The third kappa shape index (κ3) is 13.3. The summed E-state index contributed by atoms with van der Waals surface area (Å²) in [6.45, 7) is 7.97. The molecule has 0 saturated heterocycles. The summed E-state index contributed by atoms with van der Waals surface area (Å²) < 4.78 is 0. The highest BCUT2D eigenvalue weighted by Crippen LogP contribution is 2.40. The van der Waals surface area contributed by atoms with Crippen LogP contribution in [0.5, 0.6) is 5.75 Å². The number of ketones is 1. The highest BCUT2D eigenvalue weighted by atomic mass is 32.1. The van der Waals surface area contributed by atoms with Crippen molar-refractivity contribution < 1.29 is 53.7 Å². The summed E-state index contributed by atoms with van der Waals surface area (Å²) in [7, 11) is 0. The number of phenols is 1. The maximum absolute atomic E-state index is 14.7. The first-order chi connectivity index (χ1) is 41.2. The number of aryl methyl sites for hydroxylation is 1. The second-order valence-electron chi connectivity index (χ2n) is 19.3. The average molecular weight is 1270 g/mol. The molecular weight excluding hydrogens is 1220 g/mol. The quantitative estimate of drug-likeness (QED) is 0.0550. The molecule has 24 nitrogen and oxygen atoms in total. The van der Waals surface area contributed by atoms with E-state index in [-0.39, 0.29) is 67.1 Å². The Bertz CT molecular complexity index is 4130. The molecule has 0 aliphatic carbocycles. The van der Waals surface area contributed by atoms with E-state index < -0.39 is 89.7 Å². The number of fused-ring (bicyclic) bond motifs is 14. The minimum atomic E-state index is -1.43. The second-order valence-corrected chi connectivity index (χ2v) is 24.9. The first-order valence-corrected chi connectivity index (χ1v) is 30.9. The number of thiazole rings is 6. The predicted octanol–water partition coefficient (Wildman–Crippen LogP) is 7.12. The summed E-state index contributed by atoms with van der Waals surface area (Å²) in [6.07, 6.45) is -1.95. The Labute approximate surface area is 511 Å². The van der Waals surface area contributed by atoms with Gasteiger partial charge in [-0.25, -0.2) is 39.7 Å². The number of primary amides is 1. The number of nitrogens with two attached hydrogens (primary N) is 1. The third-order valence-corrected chi connectivity index (χ3v) is 18.9. The van der Waals surface area contributed by atoms with E-state index in [1.165, 1.54) is 46.5 Å². The van der Waals surface area contributed by atoms with E-state index in [1.54, 1.807) is 79.2 Å². The van der Waals surface area contributed by atoms with Gasteiger partial charge in [0.2, 0.25) is 11.8 Å². The highest BCUT2D eigenvalue weighted by molar-refractivity contribution is 7.15. The molecule has 1 aliphatic heterocycles. The number of aromatic hydroxyl groups is 1. The standard InChI is InChI=1S/C56H47N13O11S6/c1-23(25(3)70)40-54-66-38(22-85-54)52-62-34(18-82-52)42-30(14-15-31(59-42)51-64-35(20-83-51)46(75)58-24(2)56(79)80)50-63-36(19-81-50)48(77)61-33(17-39(57)72)53-69-41(26(4)86-53)49(78)68-43(44(73)28-8-6-5-7-9-28)55-65-37(21-84-55)47(76)60-32(45(74)67-40)16-27-10-12-29(71)13-11-27/h5-15,18-23,32-33,40,43-44,71,73H,2,16-17H2,1,3-4H3,(H2,57,72)(H,58,75)(H,60,76)(H,61,77)(H,67,74)(H,68,78)(H,79,80). The van der Waals surface area contributed by atoms with Crippen LogP contribution in [0.4, 0.5) is 0 Å². The van der Waals surface area contributed by atoms with Gasteiger partial charge in [-0.05, 0) is 49.2 Å². The molecule has 10 N–H and O–H groups in total. The summed E-state index contributed by atoms with van der Waals surface area (Å²) in [4.78, 5) is 141. The molecule has 0 saturated carbocycles. The molecule has 10 rings (SSSR count). The van der Waals surface area contributed by atoms with E-state index in [4.69, 9.17) is 25.7 Å². The number of carbonyl (C=O) groups is 8. The van der Waals surface area contributed by atoms with Crippen LogP contribution in [-0.4, -0.2) is 103 Å². The fourth-order valence-corrected chi connectivity index (χ4v) is 13.9. The maximum Gasteiger partial charge on any atom is 0.351 e. The van der Waals surface area contributed by atoms with Crippen molar-refractivity contribution in [1.82, 2.24) is 61.5 Å². The van der Waals surface area contributed by atoms with Crippen LogP contribution in [0, 0.1) is 12.8 Å². The summed E-state index contributed by atoms with van der Waals surface area (Å²) in [5, 5.41) is 54.2. The number of aromatic nitrogens is 7. The number of aliphatic hydroxyl groups is 1. The van der Waals surface area contributed by atoms with Crippen molar-refractivity contribution in [3.05, 3.63) is 160 Å². The Morgan fingerprint density at radius 2 is 1.27 bits per heavy atom. The molecule has 86 heavy (non-hydrogen) atoms. The van der Waals surface area contributed by atoms with Crippen molar-refractivity contribution in [2.45, 2.75) is 63.9 Å². The number of amides is 6. The lowest BCUT2D eigenvalue weighted by Gasteiger charge is -2.25. The summed E-state index contributed by atoms with van der Waals surface area (Å²) in [5.74, 6) is -7.19. The molecule has 6 atom stereocenters. The van der Waals surface area contributed by atoms with Crippen molar-refractivity contribution in [1.29, 1.82) is 0 Å². The van der Waals surface area contributed by atoms with Gasteiger partial charge in [0, 0.05) is 49.7 Å². The number of pyridine rings is 1. The van der Waals surface area contributed by atoms with E-state index in [0.29, 0.717) is 48.0 Å². The molecule has 7 aromatic heterocycles. The zero-order valence-electron chi connectivity index (χ0n) is 45.1. The number of benzene rings is 2. The number of carboxylic acid groups (broad SMARTS) is 1. The van der Waals surface area contributed by atoms with Gasteiger partial charge in [0.1, 0.15) is 105 Å². The van der Waals surface area contributed by atoms with Crippen LogP contribution in [0.3, 0.4) is 0 Å². The Balaban J connectivity index is 1.07. The van der Waals surface area contributed by atoms with Crippen LogP contribution < -0.4 is 32.3 Å². The van der Waals surface area contributed by atoms with Gasteiger partial charge in [-0.1, -0.05) is 56.0 Å². The summed E-state index contributed by atoms with van der Waals surface area (Å²) in [6, 6.07) is 13.0. The summed E-state index contributed by atoms with van der Waals surface area (Å²) >= 11 is 6.47. The molecule has 0 spiro atoms. The lowest BCUT2D eigenvalue weighted by molar-refractivity contribution is -0.133. The van der Waals surface area contributed by atoms with E-state index in [0.717, 1.165) is 56.7 Å². The molecule has 30 heteroatoms. The zero-order valence-corrected chi connectivity index (χ0v) is 50.0. The second kappa shape index (κ2) is 25.6. The number of Topliss-reactive ketones (excluding diaryl/α,β-unsaturated/α-hetero) is 1. The van der Waals surface area contributed by atoms with Gasteiger partial charge in [0.15, 0.2) is 0 Å². The van der Waals surface area contributed by atoms with Crippen LogP contribution in [0.1, 0.15) is 117 Å². The normalized spacial score (nSPS) is 17.2. The van der Waals surface area contributed by atoms with Crippen LogP contribution >= 0.6 is 68.0 Å². The van der Waals surface area contributed by atoms with Gasteiger partial charge in [0.05, 0.1) is 24.2 Å². The summed E-state index contributed by atoms with van der Waals surface area (Å²) in [5.41, 5.74) is 7.29. The van der Waals surface area contributed by atoms with Crippen molar-refractivity contribution in [3.8, 4) is 49.1 Å². The average Bonchev–Trinajstić information content (AvgIpc) is 2.07. The van der Waals surface area contributed by atoms with Gasteiger partial charge in [-0.3, -0.25) is 33.6 Å². The number of aliphatic carboxylic acids is 1. The topological polar surface area (TPSA) is 374 Å². The smallest absolute Gasteiger partial charge is 0.351 e. The number of rotatable bonds is 12. The van der Waals surface area contributed by atoms with Crippen LogP contribution in [-0.2, 0) is 25.6 Å². The minimum absolute atomic E-state index is 0.0318. The SMILES string of the molecule is C=C(NC(=O)c1csc(-c2ccc3c(n2)-c2csc(n2)-c2csc(n2)C(C(C)C(C)=O)NC(=O)C(Cc2ccc(O)cc2)NC(=O)c2csc(n2)C(C(O)c2ccccc2)NC(=O)c2nc(sc2C)C(CC(N)=O)NC(=O)c2csc-3n2)n1)C(=O)O. The Morgan fingerprint density at radius 1 is 0.651 bits per heavy atom. The molecule has 2 aromatic carbocycles. The largest absolute Gasteiger partial charge is 0.508 e. The molecular formula is C56H47N13O11S6. The number of hydrogen-bond acceptors (Lipinski definition) is 23. The number of aliphatic hydroxyl groups excluding tert-OH is 1. The lowest BCUT2D eigenvalue weighted by atomic mass is 9.97. The molecule has 0 radical (unpaired) electrons. The highest BCUT2D eigenvalue weighted by Gasteiger charge is 2.35. The molecule has 10 bridgehead atoms. The molecule has 9 aromatic rings. The number of nitrogens with zero attached hydrogens (tertiary/aromatic N) is 7. The van der Waals surface area contributed by atoms with Gasteiger partial charge in [-0.2, -0.15) is 0 Å². The van der Waals surface area contributed by atoms with E-state index in [1.807, 2.05) is 0 Å². The van der Waals surface area contributed by atoms with Crippen LogP contribution in [0.25, 0.3) is 43.4 Å². The zero-order chi connectivity index (χ0) is 61.1. The maximum atomic E-state index is 14.7. The van der Waals surface area contributed by atoms with Gasteiger partial charge >= 0.3 is 5.97 Å². The lowest BCUT2D eigenvalue weighted by Crippen LogP contribution is -2.50. The molecule has 0 fully saturated rings. The van der Waals surface area contributed by atoms with Crippen molar-refractivity contribution in [2.24, 2.45) is 11.7 Å². The Hall–Kier alpha value is -9.17. The van der Waals surface area contributed by atoms with Gasteiger partial charge < -0.3 is 47.6 Å². The van der Waals surface area contributed by atoms with E-state index in [9.17, 15) is 53.7 Å². The first kappa shape index (κ1) is 60.0. The minimum Gasteiger partial charge on any atom is -0.508 e. The van der Waals surface area contributed by atoms with Crippen molar-refractivity contribution in [2.75, 3.05) is 0 Å². The third-order valence-electron chi connectivity index (χ3n) is 13.3. The fourth-order valence-electron chi connectivity index (χ4n) is 8.70. The fraction of sp³-hybridized carbons (Fsp3) is 0.196. The number of nitrogens with one attached hydrogen (secondary N) is 5. The Kier molecular flexibility index (Phi) is 17.8. The van der Waals surface area contributed by atoms with Crippen molar-refractivity contribution >= 4 is 115 Å². The number of hydrogen-bond donors (Lipinski definition) is 9. The van der Waals surface area contributed by atoms with Crippen LogP contribution in [0.15, 0.2) is 106 Å². The van der Waals surface area contributed by atoms with Gasteiger partial charge in [0.25, 0.3) is 23.6 Å². The van der Waals surface area contributed by atoms with Crippen molar-refractivity contribution in [3.63, 3.8) is 0 Å². The number of carbonyl (C=O) groups excluding carboxylic acids is 7. The molecule has 438 valence electrons. The predicted molar refractivity (Wildman–Crippen MR) is 321 cm³/mol. The molecule has 1 aliphatic rings. The van der Waals surface area contributed by atoms with Crippen LogP contribution in [0.2, 0.25) is 0 Å². The molecule has 6 unspecified atom stereocenters. The number of carboxylic acids is 1. The Morgan fingerprint density at radius 3 is 1.98 bits per heavy atom. The molecule has 6 amide bonds.